The Morgan fingerprint density at radius 2 is 1.82 bits per heavy atom. The van der Waals surface area contributed by atoms with Crippen molar-refractivity contribution in [3.8, 4) is 12.1 Å². The van der Waals surface area contributed by atoms with Crippen LogP contribution in [0.3, 0.4) is 0 Å². The minimum atomic E-state index is -3.96. The van der Waals surface area contributed by atoms with E-state index in [0.29, 0.717) is 5.69 Å². The normalized spacial score (nSPS) is 11.6. The molecule has 0 radical (unpaired) electrons. The lowest BCUT2D eigenvalue weighted by atomic mass is 10.3. The van der Waals surface area contributed by atoms with Crippen LogP contribution in [0.25, 0.3) is 0 Å². The van der Waals surface area contributed by atoms with Gasteiger partial charge in [0.05, 0.1) is 10.6 Å². The second-order valence-corrected chi connectivity index (χ2v) is 5.72. The fraction of sp³-hybridized carbons (Fsp3) is 0.167. The molecule has 22 heavy (non-hydrogen) atoms. The number of hydrogen-bond acceptors (Lipinski definition) is 7. The Morgan fingerprint density at radius 1 is 1.27 bits per heavy atom. The van der Waals surface area contributed by atoms with Gasteiger partial charge in [-0.2, -0.15) is 20.3 Å². The summed E-state index contributed by atoms with van der Waals surface area (Å²) in [6.07, 6.45) is 0. The molecule has 1 atom stereocenters. The van der Waals surface area contributed by atoms with E-state index in [2.05, 4.69) is 10.5 Å². The number of carboxylic acid groups (broad SMARTS) is 1. The largest absolute Gasteiger partial charge is 0.480 e. The Bertz CT molecular complexity index is 755. The van der Waals surface area contributed by atoms with Crippen molar-refractivity contribution < 1.29 is 18.3 Å². The van der Waals surface area contributed by atoms with Crippen molar-refractivity contribution in [3.63, 3.8) is 0 Å². The molecule has 10 heteroatoms. The maximum absolute atomic E-state index is 11.9. The van der Waals surface area contributed by atoms with Crippen LogP contribution in [0, 0.1) is 22.7 Å². The van der Waals surface area contributed by atoms with Crippen LogP contribution < -0.4 is 10.1 Å². The number of anilines is 1. The molecule has 114 valence electrons. The summed E-state index contributed by atoms with van der Waals surface area (Å²) in [7, 11) is -3.96. The molecule has 0 spiro atoms. The first kappa shape index (κ1) is 17.1. The van der Waals surface area contributed by atoms with Gasteiger partial charge in [0, 0.05) is 0 Å². The van der Waals surface area contributed by atoms with Crippen LogP contribution in [-0.4, -0.2) is 31.2 Å². The lowest BCUT2D eigenvalue weighted by molar-refractivity contribution is -0.138. The van der Waals surface area contributed by atoms with Gasteiger partial charge >= 0.3 is 5.97 Å². The quantitative estimate of drug-likeness (QED) is 0.501. The van der Waals surface area contributed by atoms with Crippen molar-refractivity contribution in [1.82, 2.24) is 4.72 Å². The Labute approximate surface area is 126 Å². The number of aliphatic carboxylic acids is 1. The standard InChI is InChI=1S/C12H11N5O4S/c1-8(12(18)19)17-22(20,21)11-4-2-9(3-5-11)15-16-10(6-13)7-14/h2-5,8,15,17H,1H3,(H,18,19). The molecular formula is C12H11N5O4S. The van der Waals surface area contributed by atoms with Gasteiger partial charge < -0.3 is 5.11 Å². The maximum Gasteiger partial charge on any atom is 0.321 e. The molecule has 0 aliphatic rings. The highest BCUT2D eigenvalue weighted by atomic mass is 32.2. The summed E-state index contributed by atoms with van der Waals surface area (Å²) in [5.74, 6) is -1.29. The first-order valence-electron chi connectivity index (χ1n) is 5.79. The third-order valence-electron chi connectivity index (χ3n) is 2.38. The molecule has 0 aliphatic carbocycles. The smallest absolute Gasteiger partial charge is 0.321 e. The third kappa shape index (κ3) is 4.56. The van der Waals surface area contributed by atoms with Crippen molar-refractivity contribution in [3.05, 3.63) is 24.3 Å². The molecule has 0 bridgehead atoms. The zero-order chi connectivity index (χ0) is 16.8. The molecule has 3 N–H and O–H groups in total. The van der Waals surface area contributed by atoms with Crippen LogP contribution in [0.5, 0.6) is 0 Å². The lowest BCUT2D eigenvalue weighted by Gasteiger charge is -2.10. The van der Waals surface area contributed by atoms with E-state index in [9.17, 15) is 13.2 Å². The first-order valence-corrected chi connectivity index (χ1v) is 7.27. The van der Waals surface area contributed by atoms with Crippen LogP contribution in [0.2, 0.25) is 0 Å². The minimum absolute atomic E-state index is 0.129. The molecular weight excluding hydrogens is 310 g/mol. The fourth-order valence-corrected chi connectivity index (χ4v) is 2.45. The van der Waals surface area contributed by atoms with E-state index in [0.717, 1.165) is 0 Å². The molecule has 0 saturated carbocycles. The summed E-state index contributed by atoms with van der Waals surface area (Å²) in [6, 6.07) is 7.02. The van der Waals surface area contributed by atoms with Gasteiger partial charge in [-0.1, -0.05) is 0 Å². The Kier molecular flexibility index (Phi) is 5.57. The summed E-state index contributed by atoms with van der Waals surface area (Å²) in [5.41, 5.74) is 2.39. The summed E-state index contributed by atoms with van der Waals surface area (Å²) in [4.78, 5) is 10.5. The van der Waals surface area contributed by atoms with Crippen LogP contribution in [-0.2, 0) is 14.8 Å². The Hall–Kier alpha value is -2.95. The minimum Gasteiger partial charge on any atom is -0.480 e. The SMILES string of the molecule is CC(NS(=O)(=O)c1ccc(NN=C(C#N)C#N)cc1)C(=O)O. The molecule has 0 saturated heterocycles. The number of rotatable bonds is 6. The van der Waals surface area contributed by atoms with Crippen LogP contribution in [0.4, 0.5) is 5.69 Å². The van der Waals surface area contributed by atoms with Gasteiger partial charge in [0.15, 0.2) is 0 Å². The Morgan fingerprint density at radius 3 is 2.27 bits per heavy atom. The number of nitrogens with zero attached hydrogens (tertiary/aromatic N) is 3. The van der Waals surface area contributed by atoms with Crippen LogP contribution >= 0.6 is 0 Å². The van der Waals surface area contributed by atoms with Crippen molar-refractivity contribution in [1.29, 1.82) is 10.5 Å². The van der Waals surface area contributed by atoms with Gasteiger partial charge in [0.2, 0.25) is 15.7 Å². The summed E-state index contributed by atoms with van der Waals surface area (Å²) in [5, 5.41) is 29.2. The molecule has 1 aromatic carbocycles. The average molecular weight is 321 g/mol. The number of sulfonamides is 1. The zero-order valence-electron chi connectivity index (χ0n) is 11.3. The highest BCUT2D eigenvalue weighted by molar-refractivity contribution is 7.89. The molecule has 0 heterocycles. The highest BCUT2D eigenvalue weighted by Crippen LogP contribution is 2.14. The number of nitrogens with one attached hydrogen (secondary N) is 2. The summed E-state index contributed by atoms with van der Waals surface area (Å²) >= 11 is 0. The average Bonchev–Trinajstić information content (AvgIpc) is 2.48. The highest BCUT2D eigenvalue weighted by Gasteiger charge is 2.21. The second-order valence-electron chi connectivity index (χ2n) is 4.00. The third-order valence-corrected chi connectivity index (χ3v) is 3.93. The van der Waals surface area contributed by atoms with E-state index in [1.165, 1.54) is 31.2 Å². The van der Waals surface area contributed by atoms with E-state index in [4.69, 9.17) is 15.6 Å². The Balaban J connectivity index is 2.90. The van der Waals surface area contributed by atoms with E-state index in [1.54, 1.807) is 12.1 Å². The molecule has 1 aromatic rings. The number of carboxylic acids is 1. The number of hydrogen-bond donors (Lipinski definition) is 3. The molecule has 0 aromatic heterocycles. The molecule has 1 unspecified atom stereocenters. The first-order chi connectivity index (χ1) is 10.3. The predicted molar refractivity (Wildman–Crippen MR) is 76.1 cm³/mol. The number of hydrazone groups is 1. The van der Waals surface area contributed by atoms with E-state index < -0.39 is 22.0 Å². The number of benzene rings is 1. The van der Waals surface area contributed by atoms with Crippen molar-refractivity contribution in [2.45, 2.75) is 17.9 Å². The molecule has 0 amide bonds. The molecule has 9 nitrogen and oxygen atoms in total. The van der Waals surface area contributed by atoms with Crippen molar-refractivity contribution in [2.75, 3.05) is 5.43 Å². The van der Waals surface area contributed by atoms with Crippen LogP contribution in [0.1, 0.15) is 6.92 Å². The van der Waals surface area contributed by atoms with Gasteiger partial charge in [0.25, 0.3) is 0 Å². The van der Waals surface area contributed by atoms with Crippen molar-refractivity contribution in [2.24, 2.45) is 5.10 Å². The maximum atomic E-state index is 11.9. The van der Waals surface area contributed by atoms with E-state index in [1.807, 2.05) is 4.72 Å². The number of carbonyl (C=O) groups is 1. The van der Waals surface area contributed by atoms with Crippen molar-refractivity contribution >= 4 is 27.4 Å². The molecule has 0 fully saturated rings. The summed E-state index contributed by atoms with van der Waals surface area (Å²) in [6.45, 7) is 1.20. The topological polar surface area (TPSA) is 155 Å². The second kappa shape index (κ2) is 7.17. The van der Waals surface area contributed by atoms with E-state index in [-0.39, 0.29) is 10.6 Å². The monoisotopic (exact) mass is 321 g/mol. The lowest BCUT2D eigenvalue weighted by Crippen LogP contribution is -2.38. The van der Waals surface area contributed by atoms with Gasteiger partial charge in [-0.15, -0.1) is 0 Å². The summed E-state index contributed by atoms with van der Waals surface area (Å²) < 4.78 is 25.8. The zero-order valence-corrected chi connectivity index (χ0v) is 12.1. The van der Waals surface area contributed by atoms with Crippen LogP contribution in [0.15, 0.2) is 34.3 Å². The number of nitriles is 2. The van der Waals surface area contributed by atoms with Gasteiger partial charge in [0.1, 0.15) is 18.2 Å². The van der Waals surface area contributed by atoms with Gasteiger partial charge in [-0.3, -0.25) is 10.2 Å². The predicted octanol–water partition coefficient (Wildman–Crippen LogP) is 0.253. The van der Waals surface area contributed by atoms with Gasteiger partial charge in [-0.25, -0.2) is 8.42 Å². The molecule has 0 aliphatic heterocycles. The molecule has 1 rings (SSSR count). The fourth-order valence-electron chi connectivity index (χ4n) is 1.26. The van der Waals surface area contributed by atoms with Gasteiger partial charge in [-0.05, 0) is 31.2 Å². The van der Waals surface area contributed by atoms with E-state index >= 15 is 0 Å².